The van der Waals surface area contributed by atoms with E-state index in [1.807, 2.05) is 34.7 Å². The van der Waals surface area contributed by atoms with Crippen LogP contribution in [0.25, 0.3) is 0 Å². The molecule has 23 heavy (non-hydrogen) atoms. The molecule has 5 nitrogen and oxygen atoms in total. The van der Waals surface area contributed by atoms with Crippen LogP contribution >= 0.6 is 11.3 Å². The van der Waals surface area contributed by atoms with Crippen LogP contribution in [0.2, 0.25) is 0 Å². The van der Waals surface area contributed by atoms with E-state index in [-0.39, 0.29) is 11.5 Å². The van der Waals surface area contributed by atoms with Gasteiger partial charge in [0.25, 0.3) is 0 Å². The summed E-state index contributed by atoms with van der Waals surface area (Å²) in [5.41, 5.74) is 1.14. The summed E-state index contributed by atoms with van der Waals surface area (Å²) >= 11 is 1.63. The summed E-state index contributed by atoms with van der Waals surface area (Å²) < 4.78 is 1.61. The van der Waals surface area contributed by atoms with Gasteiger partial charge in [-0.3, -0.25) is 14.5 Å². The third kappa shape index (κ3) is 4.09. The van der Waals surface area contributed by atoms with Crippen LogP contribution < -0.4 is 5.56 Å². The van der Waals surface area contributed by atoms with Gasteiger partial charge in [0.1, 0.15) is 0 Å². The number of aryl methyl sites for hydroxylation is 1. The van der Waals surface area contributed by atoms with Crippen molar-refractivity contribution in [3.8, 4) is 0 Å². The molecule has 0 saturated carbocycles. The number of nitrogens with zero attached hydrogens (tertiary/aromatic N) is 3. The van der Waals surface area contributed by atoms with Crippen LogP contribution in [0.1, 0.15) is 10.4 Å². The maximum absolute atomic E-state index is 12.3. The molecule has 0 atom stereocenters. The molecule has 3 rings (SSSR count). The van der Waals surface area contributed by atoms with Gasteiger partial charge in [0.15, 0.2) is 0 Å². The number of carbonyl (C=O) groups excluding carboxylic acids is 1. The Bertz CT molecular complexity index is 716. The standard InChI is InChI=1S/C17H21N3O2S/c1-18-12-14(4-5-16(18)21)13-19-6-8-20(9-7-19)17(22)11-15-3-2-10-23-15/h2-5,10,12H,6-9,11,13H2,1H3. The van der Waals surface area contributed by atoms with Gasteiger partial charge in [0, 0.05) is 56.9 Å². The molecule has 1 amide bonds. The molecule has 1 aliphatic heterocycles. The van der Waals surface area contributed by atoms with Gasteiger partial charge < -0.3 is 9.47 Å². The molecule has 0 bridgehead atoms. The summed E-state index contributed by atoms with van der Waals surface area (Å²) in [5.74, 6) is 0.217. The third-order valence-electron chi connectivity index (χ3n) is 4.18. The lowest BCUT2D eigenvalue weighted by atomic mass is 10.2. The van der Waals surface area contributed by atoms with Crippen LogP contribution in [-0.4, -0.2) is 46.5 Å². The second kappa shape index (κ2) is 7.10. The molecule has 6 heteroatoms. The minimum atomic E-state index is 0.0118. The highest BCUT2D eigenvalue weighted by atomic mass is 32.1. The Morgan fingerprint density at radius 2 is 1.96 bits per heavy atom. The summed E-state index contributed by atoms with van der Waals surface area (Å²) in [7, 11) is 1.77. The Morgan fingerprint density at radius 1 is 1.17 bits per heavy atom. The zero-order valence-corrected chi connectivity index (χ0v) is 14.1. The van der Waals surface area contributed by atoms with Crippen molar-refractivity contribution >= 4 is 17.2 Å². The summed E-state index contributed by atoms with van der Waals surface area (Å²) in [6.07, 6.45) is 2.40. The first kappa shape index (κ1) is 16.0. The molecule has 1 aliphatic rings. The van der Waals surface area contributed by atoms with Gasteiger partial charge in [-0.1, -0.05) is 12.1 Å². The fourth-order valence-corrected chi connectivity index (χ4v) is 3.53. The maximum Gasteiger partial charge on any atom is 0.250 e. The fraction of sp³-hybridized carbons (Fsp3) is 0.412. The molecule has 3 heterocycles. The average molecular weight is 331 g/mol. The number of pyridine rings is 1. The highest BCUT2D eigenvalue weighted by Crippen LogP contribution is 2.13. The first-order valence-electron chi connectivity index (χ1n) is 7.80. The predicted molar refractivity (Wildman–Crippen MR) is 91.6 cm³/mol. The number of hydrogen-bond donors (Lipinski definition) is 0. The summed E-state index contributed by atoms with van der Waals surface area (Å²) in [4.78, 5) is 29.1. The SMILES string of the molecule is Cn1cc(CN2CCN(C(=O)Cc3cccs3)CC2)ccc1=O. The number of thiophene rings is 1. The van der Waals surface area contributed by atoms with Gasteiger partial charge in [-0.05, 0) is 17.0 Å². The molecular formula is C17H21N3O2S. The largest absolute Gasteiger partial charge is 0.340 e. The van der Waals surface area contributed by atoms with Gasteiger partial charge in [-0.2, -0.15) is 0 Å². The molecule has 0 aromatic carbocycles. The zero-order valence-electron chi connectivity index (χ0n) is 13.3. The van der Waals surface area contributed by atoms with E-state index in [1.54, 1.807) is 29.0 Å². The van der Waals surface area contributed by atoms with Crippen LogP contribution in [0.4, 0.5) is 0 Å². The van der Waals surface area contributed by atoms with Gasteiger partial charge in [0.05, 0.1) is 6.42 Å². The molecule has 1 fully saturated rings. The Labute approximate surface area is 139 Å². The minimum absolute atomic E-state index is 0.0118. The molecule has 1 saturated heterocycles. The van der Waals surface area contributed by atoms with Crippen molar-refractivity contribution in [2.24, 2.45) is 7.05 Å². The first-order valence-corrected chi connectivity index (χ1v) is 8.68. The average Bonchev–Trinajstić information content (AvgIpc) is 3.04. The van der Waals surface area contributed by atoms with Gasteiger partial charge in [0.2, 0.25) is 11.5 Å². The number of carbonyl (C=O) groups is 1. The number of rotatable bonds is 4. The van der Waals surface area contributed by atoms with E-state index in [0.29, 0.717) is 6.42 Å². The lowest BCUT2D eigenvalue weighted by molar-refractivity contribution is -0.132. The molecule has 2 aromatic rings. The summed E-state index contributed by atoms with van der Waals surface area (Å²) in [6, 6.07) is 7.49. The molecule has 2 aromatic heterocycles. The van der Waals surface area contributed by atoms with Crippen LogP contribution in [-0.2, 0) is 24.8 Å². The summed E-state index contributed by atoms with van der Waals surface area (Å²) in [5, 5.41) is 2.01. The quantitative estimate of drug-likeness (QED) is 0.849. The monoisotopic (exact) mass is 331 g/mol. The van der Waals surface area contributed by atoms with Crippen molar-refractivity contribution in [2.45, 2.75) is 13.0 Å². The van der Waals surface area contributed by atoms with Crippen molar-refractivity contribution in [3.63, 3.8) is 0 Å². The van der Waals surface area contributed by atoms with E-state index >= 15 is 0 Å². The predicted octanol–water partition coefficient (Wildman–Crippen LogP) is 1.33. The van der Waals surface area contributed by atoms with E-state index < -0.39 is 0 Å². The molecular weight excluding hydrogens is 310 g/mol. The maximum atomic E-state index is 12.3. The topological polar surface area (TPSA) is 45.5 Å². The molecule has 0 aliphatic carbocycles. The van der Waals surface area contributed by atoms with E-state index in [4.69, 9.17) is 0 Å². The second-order valence-electron chi connectivity index (χ2n) is 5.90. The fourth-order valence-electron chi connectivity index (χ4n) is 2.83. The number of aromatic nitrogens is 1. The van der Waals surface area contributed by atoms with Crippen LogP contribution in [0.15, 0.2) is 40.6 Å². The van der Waals surface area contributed by atoms with E-state index in [9.17, 15) is 9.59 Å². The Morgan fingerprint density at radius 3 is 2.61 bits per heavy atom. The third-order valence-corrected chi connectivity index (χ3v) is 5.06. The first-order chi connectivity index (χ1) is 11.1. The van der Waals surface area contributed by atoms with E-state index in [2.05, 4.69) is 4.90 Å². The van der Waals surface area contributed by atoms with E-state index in [0.717, 1.165) is 43.2 Å². The normalized spacial score (nSPS) is 15.8. The zero-order chi connectivity index (χ0) is 16.2. The molecule has 122 valence electrons. The smallest absolute Gasteiger partial charge is 0.250 e. The highest BCUT2D eigenvalue weighted by Gasteiger charge is 2.21. The van der Waals surface area contributed by atoms with Crippen molar-refractivity contribution in [1.82, 2.24) is 14.4 Å². The summed E-state index contributed by atoms with van der Waals surface area (Å²) in [6.45, 7) is 4.12. The minimum Gasteiger partial charge on any atom is -0.340 e. The molecule has 0 radical (unpaired) electrons. The molecule has 0 spiro atoms. The van der Waals surface area contributed by atoms with Crippen molar-refractivity contribution in [2.75, 3.05) is 26.2 Å². The Balaban J connectivity index is 1.50. The number of hydrogen-bond acceptors (Lipinski definition) is 4. The van der Waals surface area contributed by atoms with Crippen molar-refractivity contribution < 1.29 is 4.79 Å². The van der Waals surface area contributed by atoms with Crippen LogP contribution in [0.5, 0.6) is 0 Å². The van der Waals surface area contributed by atoms with E-state index in [1.165, 1.54) is 0 Å². The van der Waals surface area contributed by atoms with Crippen LogP contribution in [0.3, 0.4) is 0 Å². The molecule has 0 unspecified atom stereocenters. The Hall–Kier alpha value is -1.92. The lowest BCUT2D eigenvalue weighted by Crippen LogP contribution is -2.48. The highest BCUT2D eigenvalue weighted by molar-refractivity contribution is 7.10. The van der Waals surface area contributed by atoms with Crippen molar-refractivity contribution in [1.29, 1.82) is 0 Å². The second-order valence-corrected chi connectivity index (χ2v) is 6.93. The van der Waals surface area contributed by atoms with Crippen LogP contribution in [0, 0.1) is 0 Å². The van der Waals surface area contributed by atoms with Gasteiger partial charge >= 0.3 is 0 Å². The van der Waals surface area contributed by atoms with Gasteiger partial charge in [-0.25, -0.2) is 0 Å². The van der Waals surface area contributed by atoms with Gasteiger partial charge in [-0.15, -0.1) is 11.3 Å². The Kier molecular flexibility index (Phi) is 4.93. The number of amides is 1. The number of piperazine rings is 1. The van der Waals surface area contributed by atoms with Crippen molar-refractivity contribution in [3.05, 3.63) is 56.6 Å². The molecule has 0 N–H and O–H groups in total. The lowest BCUT2D eigenvalue weighted by Gasteiger charge is -2.34.